The number of rotatable bonds is 1. The van der Waals surface area contributed by atoms with Crippen molar-refractivity contribution >= 4 is 21.8 Å². The Labute approximate surface area is 139 Å². The number of likely N-dealkylation sites (N-methyl/N-ethyl adjacent to an activating group) is 1. The molecule has 2 aromatic heterocycles. The molecule has 4 nitrogen and oxygen atoms in total. The molecule has 0 aliphatic carbocycles. The molecular weight excluding hydrogens is 298 g/mol. The van der Waals surface area contributed by atoms with Crippen molar-refractivity contribution in [2.24, 2.45) is 0 Å². The van der Waals surface area contributed by atoms with E-state index in [9.17, 15) is 5.11 Å². The van der Waals surface area contributed by atoms with Crippen LogP contribution in [0.15, 0.2) is 48.5 Å². The van der Waals surface area contributed by atoms with Crippen LogP contribution in [-0.4, -0.2) is 33.6 Å². The smallest absolute Gasteiger partial charge is 0.194 e. The fourth-order valence-electron chi connectivity index (χ4n) is 4.15. The fraction of sp³-hybridized carbons (Fsp3) is 0.200. The van der Waals surface area contributed by atoms with Gasteiger partial charge in [0.15, 0.2) is 5.88 Å². The number of hydrogen-bond donors (Lipinski definition) is 3. The average Bonchev–Trinajstić information content (AvgIpc) is 3.12. The Hall–Kier alpha value is -2.72. The number of aromatic hydroxyl groups is 1. The van der Waals surface area contributed by atoms with Crippen LogP contribution in [0.5, 0.6) is 5.88 Å². The molecule has 5 rings (SSSR count). The predicted octanol–water partition coefficient (Wildman–Crippen LogP) is 3.93. The van der Waals surface area contributed by atoms with Gasteiger partial charge >= 0.3 is 0 Å². The van der Waals surface area contributed by atoms with Crippen LogP contribution in [0.1, 0.15) is 22.9 Å². The molecule has 2 aromatic carbocycles. The van der Waals surface area contributed by atoms with Crippen LogP contribution in [-0.2, 0) is 6.42 Å². The van der Waals surface area contributed by atoms with Gasteiger partial charge in [0.2, 0.25) is 0 Å². The van der Waals surface area contributed by atoms with Crippen molar-refractivity contribution in [1.82, 2.24) is 14.9 Å². The van der Waals surface area contributed by atoms with Gasteiger partial charge in [-0.3, -0.25) is 4.90 Å². The molecule has 24 heavy (non-hydrogen) atoms. The maximum Gasteiger partial charge on any atom is 0.194 e. The van der Waals surface area contributed by atoms with Gasteiger partial charge in [0.05, 0.1) is 6.04 Å². The van der Waals surface area contributed by atoms with E-state index in [0.717, 1.165) is 29.4 Å². The largest absolute Gasteiger partial charge is 0.494 e. The van der Waals surface area contributed by atoms with Crippen LogP contribution in [0.25, 0.3) is 21.8 Å². The van der Waals surface area contributed by atoms with Crippen LogP contribution in [0.4, 0.5) is 0 Å². The first-order chi connectivity index (χ1) is 11.7. The van der Waals surface area contributed by atoms with Crippen LogP contribution >= 0.6 is 0 Å². The number of fused-ring (bicyclic) bond motifs is 4. The Morgan fingerprint density at radius 2 is 1.62 bits per heavy atom. The summed E-state index contributed by atoms with van der Waals surface area (Å²) in [5, 5.41) is 13.0. The Balaban J connectivity index is 1.81. The molecule has 4 heteroatoms. The van der Waals surface area contributed by atoms with Crippen LogP contribution in [0.2, 0.25) is 0 Å². The molecule has 0 bridgehead atoms. The number of aromatic amines is 2. The lowest BCUT2D eigenvalue weighted by Crippen LogP contribution is -2.32. The maximum absolute atomic E-state index is 10.6. The van der Waals surface area contributed by atoms with Crippen molar-refractivity contribution in [1.29, 1.82) is 0 Å². The van der Waals surface area contributed by atoms with Gasteiger partial charge in [0.25, 0.3) is 0 Å². The van der Waals surface area contributed by atoms with Crippen molar-refractivity contribution in [3.8, 4) is 5.88 Å². The normalized spacial score (nSPS) is 18.3. The zero-order valence-electron chi connectivity index (χ0n) is 13.5. The van der Waals surface area contributed by atoms with Crippen LogP contribution < -0.4 is 0 Å². The van der Waals surface area contributed by atoms with E-state index in [1.165, 1.54) is 22.2 Å². The molecule has 0 unspecified atom stereocenters. The molecule has 0 fully saturated rings. The molecule has 0 amide bonds. The first-order valence-corrected chi connectivity index (χ1v) is 8.33. The van der Waals surface area contributed by atoms with E-state index in [2.05, 4.69) is 52.2 Å². The van der Waals surface area contributed by atoms with Crippen molar-refractivity contribution < 1.29 is 5.11 Å². The third-order valence-corrected chi connectivity index (χ3v) is 5.27. The predicted molar refractivity (Wildman–Crippen MR) is 96.4 cm³/mol. The van der Waals surface area contributed by atoms with Gasteiger partial charge in [-0.05, 0) is 31.2 Å². The maximum atomic E-state index is 10.6. The molecule has 0 saturated carbocycles. The highest BCUT2D eigenvalue weighted by Crippen LogP contribution is 2.43. The van der Waals surface area contributed by atoms with E-state index in [-0.39, 0.29) is 11.9 Å². The number of H-pyrrole nitrogens is 2. The zero-order chi connectivity index (χ0) is 16.3. The van der Waals surface area contributed by atoms with E-state index in [1.54, 1.807) is 0 Å². The summed E-state index contributed by atoms with van der Waals surface area (Å²) in [5.74, 6) is 0.263. The number of benzene rings is 2. The molecular formula is C20H19N3O. The van der Waals surface area contributed by atoms with Gasteiger partial charge in [0.1, 0.15) is 0 Å². The second-order valence-corrected chi connectivity index (χ2v) is 6.63. The first kappa shape index (κ1) is 13.7. The molecule has 1 aliphatic heterocycles. The highest BCUT2D eigenvalue weighted by molar-refractivity contribution is 5.89. The number of nitrogens with one attached hydrogen (secondary N) is 2. The van der Waals surface area contributed by atoms with Gasteiger partial charge in [-0.1, -0.05) is 36.4 Å². The second kappa shape index (κ2) is 4.89. The van der Waals surface area contributed by atoms with E-state index in [0.29, 0.717) is 0 Å². The van der Waals surface area contributed by atoms with Gasteiger partial charge in [-0.15, -0.1) is 0 Å². The minimum Gasteiger partial charge on any atom is -0.494 e. The minimum atomic E-state index is 0.0253. The summed E-state index contributed by atoms with van der Waals surface area (Å²) >= 11 is 0. The first-order valence-electron chi connectivity index (χ1n) is 8.33. The van der Waals surface area contributed by atoms with E-state index in [1.807, 2.05) is 18.2 Å². The summed E-state index contributed by atoms with van der Waals surface area (Å²) in [6.45, 7) is 0.971. The Morgan fingerprint density at radius 3 is 2.42 bits per heavy atom. The van der Waals surface area contributed by atoms with Gasteiger partial charge in [-0.25, -0.2) is 0 Å². The standard InChI is InChI=1S/C20H19N3O/c1-23-11-10-13-12-6-2-4-8-15(12)21-18(13)19(23)17-14-7-3-5-9-16(14)22-20(17)24/h2-9,19,21-22,24H,10-11H2,1H3/t19-/m0/s1. The zero-order valence-corrected chi connectivity index (χ0v) is 13.5. The summed E-state index contributed by atoms with van der Waals surface area (Å²) in [5.41, 5.74) is 5.67. The van der Waals surface area contributed by atoms with Crippen molar-refractivity contribution in [2.45, 2.75) is 12.5 Å². The topological polar surface area (TPSA) is 55.1 Å². The number of para-hydroxylation sites is 2. The molecule has 3 N–H and O–H groups in total. The lowest BCUT2D eigenvalue weighted by atomic mass is 9.92. The molecule has 1 aliphatic rings. The second-order valence-electron chi connectivity index (χ2n) is 6.63. The fourth-order valence-corrected chi connectivity index (χ4v) is 4.15. The molecule has 120 valence electrons. The minimum absolute atomic E-state index is 0.0253. The lowest BCUT2D eigenvalue weighted by molar-refractivity contribution is 0.257. The average molecular weight is 317 g/mol. The highest BCUT2D eigenvalue weighted by Gasteiger charge is 2.33. The Morgan fingerprint density at radius 1 is 0.958 bits per heavy atom. The molecule has 0 radical (unpaired) electrons. The molecule has 3 heterocycles. The quantitative estimate of drug-likeness (QED) is 0.498. The summed E-state index contributed by atoms with van der Waals surface area (Å²) in [7, 11) is 2.13. The SMILES string of the molecule is CN1CCc2c([nH]c3ccccc23)[C@@H]1c1c(O)[nH]c2ccccc12. The van der Waals surface area contributed by atoms with E-state index < -0.39 is 0 Å². The molecule has 1 atom stereocenters. The number of hydrogen-bond acceptors (Lipinski definition) is 2. The molecule has 0 spiro atoms. The van der Waals surface area contributed by atoms with Crippen molar-refractivity contribution in [2.75, 3.05) is 13.6 Å². The van der Waals surface area contributed by atoms with Gasteiger partial charge in [0, 0.05) is 39.6 Å². The van der Waals surface area contributed by atoms with E-state index >= 15 is 0 Å². The third kappa shape index (κ3) is 1.77. The Kier molecular flexibility index (Phi) is 2.79. The number of aromatic nitrogens is 2. The summed E-state index contributed by atoms with van der Waals surface area (Å²) < 4.78 is 0. The Bertz CT molecular complexity index is 1060. The van der Waals surface area contributed by atoms with Crippen molar-refractivity contribution in [3.63, 3.8) is 0 Å². The lowest BCUT2D eigenvalue weighted by Gasteiger charge is -2.32. The third-order valence-electron chi connectivity index (χ3n) is 5.27. The van der Waals surface area contributed by atoms with E-state index in [4.69, 9.17) is 0 Å². The molecule has 4 aromatic rings. The summed E-state index contributed by atoms with van der Waals surface area (Å²) in [6, 6.07) is 16.6. The highest BCUT2D eigenvalue weighted by atomic mass is 16.3. The van der Waals surface area contributed by atoms with Crippen molar-refractivity contribution in [3.05, 3.63) is 65.4 Å². The van der Waals surface area contributed by atoms with Crippen LogP contribution in [0.3, 0.4) is 0 Å². The summed E-state index contributed by atoms with van der Waals surface area (Å²) in [4.78, 5) is 9.05. The summed E-state index contributed by atoms with van der Waals surface area (Å²) in [6.07, 6.45) is 1.02. The number of nitrogens with zero attached hydrogens (tertiary/aromatic N) is 1. The van der Waals surface area contributed by atoms with Gasteiger partial charge in [-0.2, -0.15) is 0 Å². The monoisotopic (exact) mass is 317 g/mol. The van der Waals surface area contributed by atoms with Gasteiger partial charge < -0.3 is 15.1 Å². The van der Waals surface area contributed by atoms with Crippen LogP contribution in [0, 0.1) is 0 Å². The molecule has 0 saturated heterocycles.